The van der Waals surface area contributed by atoms with E-state index in [2.05, 4.69) is 13.1 Å². The molecule has 0 fully saturated rings. The summed E-state index contributed by atoms with van der Waals surface area (Å²) >= 11 is 0. The number of hydrogen-bond acceptors (Lipinski definition) is 2. The van der Waals surface area contributed by atoms with Crippen LogP contribution in [0.5, 0.6) is 0 Å². The van der Waals surface area contributed by atoms with E-state index in [1.54, 1.807) is 14.2 Å². The minimum absolute atomic E-state index is 0.0221. The molecule has 0 aromatic rings. The molecule has 0 spiro atoms. The zero-order chi connectivity index (χ0) is 7.28. The molecule has 0 saturated carbocycles. The number of hydrogen-bond donors (Lipinski definition) is 0. The summed E-state index contributed by atoms with van der Waals surface area (Å²) in [6, 6.07) is 1.07. The molecule has 0 aromatic heterocycles. The van der Waals surface area contributed by atoms with Crippen LogP contribution in [0.3, 0.4) is 0 Å². The molecule has 0 aliphatic heterocycles. The van der Waals surface area contributed by atoms with Gasteiger partial charge < -0.3 is 9.47 Å². The van der Waals surface area contributed by atoms with E-state index < -0.39 is 0 Å². The Morgan fingerprint density at radius 1 is 1.22 bits per heavy atom. The Kier molecular flexibility index (Phi) is 5.04. The van der Waals surface area contributed by atoms with E-state index in [1.165, 1.54) is 0 Å². The third-order valence-electron chi connectivity index (χ3n) is 1.10. The van der Waals surface area contributed by atoms with E-state index >= 15 is 0 Å². The van der Waals surface area contributed by atoms with Crippen LogP contribution in [0.4, 0.5) is 0 Å². The van der Waals surface area contributed by atoms with Gasteiger partial charge in [-0.3, -0.25) is 0 Å². The fraction of sp³-hybridized carbons (Fsp3) is 1.00. The molecule has 0 aromatic carbocycles. The summed E-state index contributed by atoms with van der Waals surface area (Å²) in [6.07, 6.45) is 0.0221. The van der Waals surface area contributed by atoms with Crippen LogP contribution in [-0.2, 0) is 9.47 Å². The molecule has 0 saturated heterocycles. The van der Waals surface area contributed by atoms with Crippen LogP contribution in [0.25, 0.3) is 0 Å². The van der Waals surface area contributed by atoms with E-state index in [4.69, 9.17) is 9.47 Å². The van der Waals surface area contributed by atoms with Gasteiger partial charge in [-0.1, -0.05) is 13.1 Å². The highest BCUT2D eigenvalue weighted by Gasteiger charge is 2.07. The summed E-state index contributed by atoms with van der Waals surface area (Å²) in [6.45, 7) is 4.49. The Hall–Kier alpha value is 0.137. The summed E-state index contributed by atoms with van der Waals surface area (Å²) in [4.78, 5) is 0. The molecular formula is C6H15O2Si. The van der Waals surface area contributed by atoms with Crippen molar-refractivity contribution in [3.63, 3.8) is 0 Å². The first kappa shape index (κ1) is 9.14. The number of rotatable bonds is 4. The van der Waals surface area contributed by atoms with E-state index in [0.29, 0.717) is 0 Å². The lowest BCUT2D eigenvalue weighted by Crippen LogP contribution is -2.18. The Labute approximate surface area is 58.8 Å². The summed E-state index contributed by atoms with van der Waals surface area (Å²) in [5.74, 6) is 0. The standard InChI is InChI=1S/C6H15O2Si/c1-7-6(8-2)5-9(3)4/h6H,5H2,1-4H3. The van der Waals surface area contributed by atoms with Crippen molar-refractivity contribution in [3.05, 3.63) is 0 Å². The van der Waals surface area contributed by atoms with Crippen LogP contribution < -0.4 is 0 Å². The molecule has 0 amide bonds. The second-order valence-corrected chi connectivity index (χ2v) is 5.13. The third-order valence-corrected chi connectivity index (χ3v) is 2.25. The quantitative estimate of drug-likeness (QED) is 0.441. The molecule has 0 atom stereocenters. The molecule has 0 aliphatic carbocycles. The van der Waals surface area contributed by atoms with Crippen molar-refractivity contribution >= 4 is 8.80 Å². The molecule has 0 bridgehead atoms. The van der Waals surface area contributed by atoms with Gasteiger partial charge in [-0.05, 0) is 6.04 Å². The third kappa shape index (κ3) is 4.63. The average molecular weight is 147 g/mol. The summed E-state index contributed by atoms with van der Waals surface area (Å²) in [5, 5.41) is 0. The summed E-state index contributed by atoms with van der Waals surface area (Å²) in [5.41, 5.74) is 0. The van der Waals surface area contributed by atoms with Crippen molar-refractivity contribution in [1.29, 1.82) is 0 Å². The molecular weight excluding hydrogens is 132 g/mol. The minimum Gasteiger partial charge on any atom is -0.356 e. The largest absolute Gasteiger partial charge is 0.356 e. The van der Waals surface area contributed by atoms with Crippen LogP contribution >= 0.6 is 0 Å². The van der Waals surface area contributed by atoms with E-state index in [0.717, 1.165) is 6.04 Å². The van der Waals surface area contributed by atoms with Gasteiger partial charge in [0.2, 0.25) is 0 Å². The summed E-state index contributed by atoms with van der Waals surface area (Å²) < 4.78 is 10.0. The van der Waals surface area contributed by atoms with E-state index in [-0.39, 0.29) is 15.1 Å². The first-order valence-corrected chi connectivity index (χ1v) is 5.76. The molecule has 0 rings (SSSR count). The van der Waals surface area contributed by atoms with Crippen molar-refractivity contribution in [1.82, 2.24) is 0 Å². The van der Waals surface area contributed by atoms with Crippen molar-refractivity contribution in [2.24, 2.45) is 0 Å². The number of methoxy groups -OCH3 is 2. The average Bonchev–Trinajstić information content (AvgIpc) is 1.82. The fourth-order valence-corrected chi connectivity index (χ4v) is 1.60. The zero-order valence-corrected chi connectivity index (χ0v) is 7.60. The lowest BCUT2D eigenvalue weighted by atomic mass is 10.7. The van der Waals surface area contributed by atoms with E-state index in [9.17, 15) is 0 Å². The highest BCUT2D eigenvalue weighted by atomic mass is 28.3. The van der Waals surface area contributed by atoms with E-state index in [1.807, 2.05) is 0 Å². The maximum Gasteiger partial charge on any atom is 0.154 e. The normalized spacial score (nSPS) is 11.3. The van der Waals surface area contributed by atoms with Gasteiger partial charge in [0, 0.05) is 23.0 Å². The Bertz CT molecular complexity index is 62.1. The van der Waals surface area contributed by atoms with Crippen molar-refractivity contribution in [3.8, 4) is 0 Å². The lowest BCUT2D eigenvalue weighted by molar-refractivity contribution is -0.0879. The smallest absolute Gasteiger partial charge is 0.154 e. The van der Waals surface area contributed by atoms with Gasteiger partial charge >= 0.3 is 0 Å². The number of ether oxygens (including phenoxy) is 2. The molecule has 0 N–H and O–H groups in total. The minimum atomic E-state index is -0.208. The first-order valence-electron chi connectivity index (χ1n) is 3.05. The van der Waals surface area contributed by atoms with Crippen LogP contribution in [0.15, 0.2) is 0 Å². The first-order chi connectivity index (χ1) is 4.20. The van der Waals surface area contributed by atoms with Crippen molar-refractivity contribution in [2.75, 3.05) is 14.2 Å². The predicted octanol–water partition coefficient (Wildman–Crippen LogP) is 1.36. The van der Waals surface area contributed by atoms with Gasteiger partial charge in [-0.2, -0.15) is 0 Å². The maximum absolute atomic E-state index is 5.01. The summed E-state index contributed by atoms with van der Waals surface area (Å²) in [7, 11) is 3.15. The molecule has 0 aliphatic rings. The van der Waals surface area contributed by atoms with Crippen LogP contribution in [-0.4, -0.2) is 29.3 Å². The topological polar surface area (TPSA) is 18.5 Å². The van der Waals surface area contributed by atoms with Gasteiger partial charge in [0.25, 0.3) is 0 Å². The highest BCUT2D eigenvalue weighted by molar-refractivity contribution is 6.55. The van der Waals surface area contributed by atoms with Crippen LogP contribution in [0, 0.1) is 0 Å². The molecule has 1 radical (unpaired) electrons. The molecule has 9 heavy (non-hydrogen) atoms. The monoisotopic (exact) mass is 147 g/mol. The lowest BCUT2D eigenvalue weighted by Gasteiger charge is -2.13. The molecule has 0 heterocycles. The van der Waals surface area contributed by atoms with Crippen LogP contribution in [0.1, 0.15) is 0 Å². The van der Waals surface area contributed by atoms with Gasteiger partial charge in [0.1, 0.15) is 0 Å². The molecule has 3 heteroatoms. The SMILES string of the molecule is COC(C[Si](C)C)OC. The maximum atomic E-state index is 5.01. The highest BCUT2D eigenvalue weighted by Crippen LogP contribution is 2.02. The fourth-order valence-electron chi connectivity index (χ4n) is 0.596. The van der Waals surface area contributed by atoms with Gasteiger partial charge in [-0.15, -0.1) is 0 Å². The van der Waals surface area contributed by atoms with Gasteiger partial charge in [0.05, 0.1) is 0 Å². The molecule has 55 valence electrons. The Balaban J connectivity index is 3.31. The zero-order valence-electron chi connectivity index (χ0n) is 6.60. The Morgan fingerprint density at radius 2 is 1.67 bits per heavy atom. The molecule has 0 unspecified atom stereocenters. The van der Waals surface area contributed by atoms with Crippen molar-refractivity contribution in [2.45, 2.75) is 25.4 Å². The second-order valence-electron chi connectivity index (χ2n) is 2.31. The van der Waals surface area contributed by atoms with Crippen LogP contribution in [0.2, 0.25) is 19.1 Å². The molecule has 2 nitrogen and oxygen atoms in total. The second kappa shape index (κ2) is 4.96. The van der Waals surface area contributed by atoms with Gasteiger partial charge in [-0.25, -0.2) is 0 Å². The predicted molar refractivity (Wildman–Crippen MR) is 40.1 cm³/mol. The van der Waals surface area contributed by atoms with Gasteiger partial charge in [0.15, 0.2) is 6.29 Å². The Morgan fingerprint density at radius 3 is 1.78 bits per heavy atom. The van der Waals surface area contributed by atoms with Crippen molar-refractivity contribution < 1.29 is 9.47 Å².